The molecule has 3 rings (SSSR count). The molecule has 25 heavy (non-hydrogen) atoms. The van der Waals surface area contributed by atoms with E-state index in [0.29, 0.717) is 18.4 Å². The molecule has 0 bridgehead atoms. The van der Waals surface area contributed by atoms with Gasteiger partial charge in [-0.2, -0.15) is 8.78 Å². The lowest BCUT2D eigenvalue weighted by molar-refractivity contribution is -0.0594. The lowest BCUT2D eigenvalue weighted by Crippen LogP contribution is -2.45. The zero-order chi connectivity index (χ0) is 18.0. The van der Waals surface area contributed by atoms with E-state index in [-0.39, 0.29) is 24.4 Å². The lowest BCUT2D eigenvalue weighted by Gasteiger charge is -2.41. The van der Waals surface area contributed by atoms with Crippen molar-refractivity contribution in [1.82, 2.24) is 4.90 Å². The number of hydrogen-bond acceptors (Lipinski definition) is 4. The normalized spacial score (nSPS) is 30.8. The number of hydrogen-bond donors (Lipinski definition) is 2. The van der Waals surface area contributed by atoms with Gasteiger partial charge in [-0.1, -0.05) is 0 Å². The first-order valence-corrected chi connectivity index (χ1v) is 8.74. The van der Waals surface area contributed by atoms with Gasteiger partial charge in [-0.15, -0.1) is 0 Å². The van der Waals surface area contributed by atoms with Crippen LogP contribution < -0.4 is 4.74 Å². The Balaban J connectivity index is 1.75. The van der Waals surface area contributed by atoms with E-state index >= 15 is 0 Å². The molecule has 0 unspecified atom stereocenters. The van der Waals surface area contributed by atoms with Crippen molar-refractivity contribution in [2.45, 2.75) is 62.8 Å². The summed E-state index contributed by atoms with van der Waals surface area (Å²) in [6.07, 6.45) is 4.35. The molecule has 1 saturated carbocycles. The second kappa shape index (κ2) is 7.51. The summed E-state index contributed by atoms with van der Waals surface area (Å²) in [5.41, 5.74) is -0.348. The molecule has 0 aromatic heterocycles. The van der Waals surface area contributed by atoms with Gasteiger partial charge in [0.15, 0.2) is 0 Å². The summed E-state index contributed by atoms with van der Waals surface area (Å²) in [7, 11) is 0. The van der Waals surface area contributed by atoms with E-state index < -0.39 is 18.0 Å². The number of likely N-dealkylation sites (tertiary alicyclic amines) is 1. The lowest BCUT2D eigenvalue weighted by atomic mass is 9.82. The smallest absolute Gasteiger partial charge is 0.387 e. The molecule has 2 aliphatic rings. The van der Waals surface area contributed by atoms with E-state index in [1.54, 1.807) is 0 Å². The third-order valence-corrected chi connectivity index (χ3v) is 5.45. The van der Waals surface area contributed by atoms with E-state index in [0.717, 1.165) is 38.3 Å². The Kier molecular flexibility index (Phi) is 5.55. The summed E-state index contributed by atoms with van der Waals surface area (Å²) in [6, 6.07) is 4.04. The minimum Gasteiger partial charge on any atom is -0.435 e. The quantitative estimate of drug-likeness (QED) is 0.848. The van der Waals surface area contributed by atoms with Crippen molar-refractivity contribution >= 4 is 0 Å². The summed E-state index contributed by atoms with van der Waals surface area (Å²) in [5, 5.41) is 19.5. The Morgan fingerprint density at radius 1 is 1.20 bits per heavy atom. The number of alkyl halides is 2. The fraction of sp³-hybridized carbons (Fsp3) is 0.667. The third-order valence-electron chi connectivity index (χ3n) is 5.45. The second-order valence-electron chi connectivity index (χ2n) is 7.11. The SMILES string of the molecule is OCC1(O)CCC(N2CCC[C@@H]2c2cc(F)cc(OC(F)F)c2)CC1. The first-order valence-electron chi connectivity index (χ1n) is 8.74. The molecule has 140 valence electrons. The highest BCUT2D eigenvalue weighted by Crippen LogP contribution is 2.40. The highest BCUT2D eigenvalue weighted by molar-refractivity contribution is 5.32. The van der Waals surface area contributed by atoms with E-state index in [1.807, 2.05) is 0 Å². The molecule has 1 aromatic carbocycles. The summed E-state index contributed by atoms with van der Waals surface area (Å²) < 4.78 is 43.1. The fourth-order valence-corrected chi connectivity index (χ4v) is 4.16. The van der Waals surface area contributed by atoms with Crippen molar-refractivity contribution in [3.05, 3.63) is 29.6 Å². The minimum absolute atomic E-state index is 0.0407. The Bertz CT molecular complexity index is 591. The van der Waals surface area contributed by atoms with Crippen molar-refractivity contribution in [1.29, 1.82) is 0 Å². The number of benzene rings is 1. The summed E-state index contributed by atoms with van der Waals surface area (Å²) >= 11 is 0. The van der Waals surface area contributed by atoms with Crippen LogP contribution in [-0.4, -0.2) is 46.5 Å². The van der Waals surface area contributed by atoms with Crippen LogP contribution in [0.2, 0.25) is 0 Å². The van der Waals surface area contributed by atoms with Gasteiger partial charge >= 0.3 is 6.61 Å². The van der Waals surface area contributed by atoms with Gasteiger partial charge in [0.1, 0.15) is 11.6 Å². The molecule has 0 spiro atoms. The van der Waals surface area contributed by atoms with Gasteiger partial charge in [-0.3, -0.25) is 4.90 Å². The molecular formula is C18H24F3NO3. The largest absolute Gasteiger partial charge is 0.435 e. The molecule has 7 heteroatoms. The Hall–Kier alpha value is -1.31. The Morgan fingerprint density at radius 3 is 2.56 bits per heavy atom. The van der Waals surface area contributed by atoms with Crippen molar-refractivity contribution < 1.29 is 28.1 Å². The molecule has 0 radical (unpaired) electrons. The topological polar surface area (TPSA) is 52.9 Å². The maximum atomic E-state index is 13.8. The average Bonchev–Trinajstić information content (AvgIpc) is 3.04. The second-order valence-corrected chi connectivity index (χ2v) is 7.11. The fourth-order valence-electron chi connectivity index (χ4n) is 4.16. The maximum absolute atomic E-state index is 13.8. The molecule has 0 amide bonds. The van der Waals surface area contributed by atoms with E-state index in [4.69, 9.17) is 0 Å². The molecule has 1 heterocycles. The van der Waals surface area contributed by atoms with Crippen molar-refractivity contribution in [2.75, 3.05) is 13.2 Å². The minimum atomic E-state index is -2.98. The molecule has 1 atom stereocenters. The predicted octanol–water partition coefficient (Wildman–Crippen LogP) is 3.23. The molecule has 1 aromatic rings. The number of halogens is 3. The van der Waals surface area contributed by atoms with Crippen LogP contribution in [0.4, 0.5) is 13.2 Å². The first kappa shape index (κ1) is 18.5. The van der Waals surface area contributed by atoms with E-state index in [9.17, 15) is 23.4 Å². The average molecular weight is 359 g/mol. The number of aliphatic hydroxyl groups is 2. The molecule has 1 saturated heterocycles. The van der Waals surface area contributed by atoms with Crippen LogP contribution >= 0.6 is 0 Å². The van der Waals surface area contributed by atoms with Crippen LogP contribution in [0, 0.1) is 5.82 Å². The van der Waals surface area contributed by atoms with Gasteiger partial charge in [-0.25, -0.2) is 4.39 Å². The van der Waals surface area contributed by atoms with Gasteiger partial charge in [0.05, 0.1) is 12.2 Å². The molecule has 1 aliphatic heterocycles. The van der Waals surface area contributed by atoms with Crippen LogP contribution in [0.5, 0.6) is 5.75 Å². The van der Waals surface area contributed by atoms with Crippen molar-refractivity contribution in [2.24, 2.45) is 0 Å². The summed E-state index contributed by atoms with van der Waals surface area (Å²) in [4.78, 5) is 2.28. The molecular weight excluding hydrogens is 335 g/mol. The number of nitrogens with zero attached hydrogens (tertiary/aromatic N) is 1. The zero-order valence-electron chi connectivity index (χ0n) is 14.0. The maximum Gasteiger partial charge on any atom is 0.387 e. The van der Waals surface area contributed by atoms with Crippen LogP contribution in [0.1, 0.15) is 50.1 Å². The standard InChI is InChI=1S/C18H24F3NO3/c19-13-8-12(9-15(10-13)25-17(20)21)16-2-1-7-22(16)14-3-5-18(24,11-23)6-4-14/h8-10,14,16-17,23-24H,1-7,11H2/t14?,16-,18?/m1/s1. The highest BCUT2D eigenvalue weighted by Gasteiger charge is 2.38. The molecule has 2 N–H and O–H groups in total. The van der Waals surface area contributed by atoms with Crippen molar-refractivity contribution in [3.8, 4) is 5.75 Å². The Labute approximate surface area is 145 Å². The highest BCUT2D eigenvalue weighted by atomic mass is 19.3. The summed E-state index contributed by atoms with van der Waals surface area (Å²) in [5.74, 6) is -0.742. The van der Waals surface area contributed by atoms with Gasteiger partial charge in [0.2, 0.25) is 0 Å². The first-order chi connectivity index (χ1) is 11.9. The monoisotopic (exact) mass is 359 g/mol. The predicted molar refractivity (Wildman–Crippen MR) is 86.0 cm³/mol. The van der Waals surface area contributed by atoms with Crippen LogP contribution in [0.15, 0.2) is 18.2 Å². The van der Waals surface area contributed by atoms with E-state index in [1.165, 1.54) is 12.1 Å². The number of rotatable bonds is 5. The van der Waals surface area contributed by atoms with E-state index in [2.05, 4.69) is 9.64 Å². The van der Waals surface area contributed by atoms with Crippen LogP contribution in [-0.2, 0) is 0 Å². The molecule has 4 nitrogen and oxygen atoms in total. The number of ether oxygens (including phenoxy) is 1. The zero-order valence-corrected chi connectivity index (χ0v) is 14.0. The van der Waals surface area contributed by atoms with Gasteiger partial charge in [0, 0.05) is 18.2 Å². The molecule has 1 aliphatic carbocycles. The van der Waals surface area contributed by atoms with Crippen LogP contribution in [0.3, 0.4) is 0 Å². The third kappa shape index (κ3) is 4.27. The van der Waals surface area contributed by atoms with Crippen molar-refractivity contribution in [3.63, 3.8) is 0 Å². The van der Waals surface area contributed by atoms with Crippen LogP contribution in [0.25, 0.3) is 0 Å². The molecule has 2 fully saturated rings. The van der Waals surface area contributed by atoms with Gasteiger partial charge in [0.25, 0.3) is 0 Å². The summed E-state index contributed by atoms with van der Waals surface area (Å²) in [6.45, 7) is -2.36. The van der Waals surface area contributed by atoms with Gasteiger partial charge in [-0.05, 0) is 62.8 Å². The van der Waals surface area contributed by atoms with Gasteiger partial charge < -0.3 is 14.9 Å². The number of aliphatic hydroxyl groups excluding tert-OH is 1. The Morgan fingerprint density at radius 2 is 1.92 bits per heavy atom.